The number of phenols is 2. The molecule has 0 saturated carbocycles. The highest BCUT2D eigenvalue weighted by Crippen LogP contribution is 2.30. The number of aromatic hydroxyl groups is 2. The third-order valence-electron chi connectivity index (χ3n) is 1.24. The average Bonchev–Trinajstić information content (AvgIpc) is 1.82. The summed E-state index contributed by atoms with van der Waals surface area (Å²) in [5.41, 5.74) is 0.659. The van der Waals surface area contributed by atoms with Gasteiger partial charge in [0.25, 0.3) is 0 Å². The molecule has 54 valence electrons. The van der Waals surface area contributed by atoms with E-state index in [1.807, 2.05) is 0 Å². The summed E-state index contributed by atoms with van der Waals surface area (Å²) in [6.07, 6.45) is 0. The van der Waals surface area contributed by atoms with Gasteiger partial charge in [0.1, 0.15) is 11.5 Å². The number of halogens is 1. The summed E-state index contributed by atoms with van der Waals surface area (Å²) in [6.45, 7) is 1.72. The second-order valence-electron chi connectivity index (χ2n) is 2.09. The molecule has 0 aliphatic carbocycles. The van der Waals surface area contributed by atoms with Gasteiger partial charge in [-0.3, -0.25) is 0 Å². The minimum Gasteiger partial charge on any atom is -0.508 e. The lowest BCUT2D eigenvalue weighted by molar-refractivity contribution is 0.453. The predicted molar refractivity (Wildman–Crippen MR) is 42.2 cm³/mol. The third-order valence-corrected chi connectivity index (χ3v) is 1.84. The van der Waals surface area contributed by atoms with E-state index in [1.165, 1.54) is 12.1 Å². The normalized spacial score (nSPS) is 9.80. The van der Waals surface area contributed by atoms with Crippen LogP contribution in [0.15, 0.2) is 16.6 Å². The first-order chi connectivity index (χ1) is 4.61. The van der Waals surface area contributed by atoms with Crippen molar-refractivity contribution in [2.45, 2.75) is 6.92 Å². The Hall–Kier alpha value is -0.700. The first-order valence-electron chi connectivity index (χ1n) is 2.79. The van der Waals surface area contributed by atoms with Crippen molar-refractivity contribution >= 4 is 15.9 Å². The molecular formula is C7H7BrO2. The molecule has 10 heavy (non-hydrogen) atoms. The van der Waals surface area contributed by atoms with E-state index in [1.54, 1.807) is 6.92 Å². The molecular weight excluding hydrogens is 196 g/mol. The maximum absolute atomic E-state index is 9.17. The van der Waals surface area contributed by atoms with Gasteiger partial charge in [0.15, 0.2) is 0 Å². The lowest BCUT2D eigenvalue weighted by Crippen LogP contribution is -1.75. The maximum atomic E-state index is 9.17. The largest absolute Gasteiger partial charge is 0.508 e. The minimum absolute atomic E-state index is 0.155. The lowest BCUT2D eigenvalue weighted by atomic mass is 10.2. The zero-order valence-corrected chi connectivity index (χ0v) is 7.01. The molecule has 0 aliphatic heterocycles. The molecule has 0 unspecified atom stereocenters. The van der Waals surface area contributed by atoms with Gasteiger partial charge in [-0.05, 0) is 40.5 Å². The van der Waals surface area contributed by atoms with Crippen LogP contribution in [0.5, 0.6) is 11.5 Å². The number of benzene rings is 1. The second-order valence-corrected chi connectivity index (χ2v) is 2.95. The van der Waals surface area contributed by atoms with Crippen molar-refractivity contribution < 1.29 is 10.2 Å². The van der Waals surface area contributed by atoms with Crippen LogP contribution in [0.2, 0.25) is 0 Å². The van der Waals surface area contributed by atoms with Crippen LogP contribution in [0.4, 0.5) is 0 Å². The summed E-state index contributed by atoms with van der Waals surface area (Å²) in [7, 11) is 0. The highest BCUT2D eigenvalue weighted by Gasteiger charge is 2.02. The SMILES string of the molecule is Cc1cc(O)cc(Br)c1O. The van der Waals surface area contributed by atoms with Crippen molar-refractivity contribution in [3.05, 3.63) is 22.2 Å². The van der Waals surface area contributed by atoms with Crippen molar-refractivity contribution in [2.24, 2.45) is 0 Å². The lowest BCUT2D eigenvalue weighted by Gasteiger charge is -2.00. The van der Waals surface area contributed by atoms with Crippen molar-refractivity contribution in [3.8, 4) is 11.5 Å². The Morgan fingerprint density at radius 2 is 1.90 bits per heavy atom. The molecule has 1 aromatic carbocycles. The Labute approximate surface area is 67.3 Å². The highest BCUT2D eigenvalue weighted by molar-refractivity contribution is 9.10. The molecule has 0 aliphatic rings. The number of aryl methyl sites for hydroxylation is 1. The summed E-state index contributed by atoms with van der Waals surface area (Å²) in [5, 5.41) is 18.1. The Kier molecular flexibility index (Phi) is 1.85. The van der Waals surface area contributed by atoms with Crippen LogP contribution in [0.3, 0.4) is 0 Å². The average molecular weight is 203 g/mol. The van der Waals surface area contributed by atoms with Crippen molar-refractivity contribution in [1.82, 2.24) is 0 Å². The summed E-state index contributed by atoms with van der Waals surface area (Å²) in [5.74, 6) is 0.333. The van der Waals surface area contributed by atoms with Crippen molar-refractivity contribution in [2.75, 3.05) is 0 Å². The molecule has 2 nitrogen and oxygen atoms in total. The molecule has 0 radical (unpaired) electrons. The molecule has 2 N–H and O–H groups in total. The summed E-state index contributed by atoms with van der Waals surface area (Å²) < 4.78 is 0.519. The van der Waals surface area contributed by atoms with Gasteiger partial charge >= 0.3 is 0 Å². The molecule has 0 atom stereocenters. The van der Waals surface area contributed by atoms with Gasteiger partial charge in [-0.25, -0.2) is 0 Å². The maximum Gasteiger partial charge on any atom is 0.132 e. The Morgan fingerprint density at radius 1 is 1.30 bits per heavy atom. The topological polar surface area (TPSA) is 40.5 Å². The molecule has 3 heteroatoms. The van der Waals surface area contributed by atoms with E-state index in [4.69, 9.17) is 5.11 Å². The Morgan fingerprint density at radius 3 is 2.40 bits per heavy atom. The fourth-order valence-corrected chi connectivity index (χ4v) is 1.27. The number of rotatable bonds is 0. The standard InChI is InChI=1S/C7H7BrO2/c1-4-2-5(9)3-6(8)7(4)10/h2-3,9-10H,1H3. The van der Waals surface area contributed by atoms with Gasteiger partial charge in [-0.2, -0.15) is 0 Å². The molecule has 0 bridgehead atoms. The van der Waals surface area contributed by atoms with Crippen LogP contribution in [0.1, 0.15) is 5.56 Å². The summed E-state index contributed by atoms with van der Waals surface area (Å²) in [6, 6.07) is 2.95. The zero-order chi connectivity index (χ0) is 7.72. The Balaban J connectivity index is 3.31. The van der Waals surface area contributed by atoms with E-state index in [0.717, 1.165) is 0 Å². The van der Waals surface area contributed by atoms with E-state index >= 15 is 0 Å². The molecule has 0 fully saturated rings. The van der Waals surface area contributed by atoms with Gasteiger partial charge in [0.05, 0.1) is 4.47 Å². The van der Waals surface area contributed by atoms with Gasteiger partial charge in [-0.1, -0.05) is 0 Å². The smallest absolute Gasteiger partial charge is 0.132 e. The van der Waals surface area contributed by atoms with E-state index in [2.05, 4.69) is 15.9 Å². The quantitative estimate of drug-likeness (QED) is 0.634. The molecule has 1 aromatic rings. The molecule has 1 rings (SSSR count). The van der Waals surface area contributed by atoms with Gasteiger partial charge in [0.2, 0.25) is 0 Å². The van der Waals surface area contributed by atoms with Crippen LogP contribution < -0.4 is 0 Å². The van der Waals surface area contributed by atoms with E-state index < -0.39 is 0 Å². The van der Waals surface area contributed by atoms with Gasteiger partial charge in [-0.15, -0.1) is 0 Å². The number of hydrogen-bond donors (Lipinski definition) is 2. The van der Waals surface area contributed by atoms with Crippen LogP contribution in [-0.2, 0) is 0 Å². The van der Waals surface area contributed by atoms with Crippen LogP contribution in [0.25, 0.3) is 0 Å². The van der Waals surface area contributed by atoms with E-state index in [9.17, 15) is 5.11 Å². The minimum atomic E-state index is 0.155. The van der Waals surface area contributed by atoms with Crippen LogP contribution >= 0.6 is 15.9 Å². The van der Waals surface area contributed by atoms with Gasteiger partial charge < -0.3 is 10.2 Å². The fraction of sp³-hybridized carbons (Fsp3) is 0.143. The molecule has 0 aromatic heterocycles. The van der Waals surface area contributed by atoms with Crippen LogP contribution in [0, 0.1) is 6.92 Å². The second kappa shape index (κ2) is 2.50. The first-order valence-corrected chi connectivity index (χ1v) is 3.58. The van der Waals surface area contributed by atoms with Gasteiger partial charge in [0, 0.05) is 0 Å². The molecule has 0 amide bonds. The van der Waals surface area contributed by atoms with Crippen molar-refractivity contribution in [1.29, 1.82) is 0 Å². The zero-order valence-electron chi connectivity index (χ0n) is 5.43. The first kappa shape index (κ1) is 7.41. The van der Waals surface area contributed by atoms with Crippen molar-refractivity contribution in [3.63, 3.8) is 0 Å². The number of hydrogen-bond acceptors (Lipinski definition) is 2. The molecule has 0 spiro atoms. The monoisotopic (exact) mass is 202 g/mol. The highest BCUT2D eigenvalue weighted by atomic mass is 79.9. The van der Waals surface area contributed by atoms with E-state index in [0.29, 0.717) is 10.0 Å². The molecule has 0 heterocycles. The summed E-state index contributed by atoms with van der Waals surface area (Å²) in [4.78, 5) is 0. The molecule has 0 saturated heterocycles. The van der Waals surface area contributed by atoms with Crippen LogP contribution in [-0.4, -0.2) is 10.2 Å². The summed E-state index contributed by atoms with van der Waals surface area (Å²) >= 11 is 3.09. The predicted octanol–water partition coefficient (Wildman–Crippen LogP) is 2.17. The third kappa shape index (κ3) is 1.24. The Bertz CT molecular complexity index is 235. The number of phenolic OH excluding ortho intramolecular Hbond substituents is 2. The fourth-order valence-electron chi connectivity index (χ4n) is 0.718. The van der Waals surface area contributed by atoms with E-state index in [-0.39, 0.29) is 11.5 Å².